The number of phenols is 1. The molecule has 21 N–H and O–H groups in total. The molecule has 0 radical (unpaired) electrons. The van der Waals surface area contributed by atoms with Crippen molar-refractivity contribution in [2.75, 3.05) is 39.3 Å². The molecule has 3 saturated heterocycles. The number of carboxylic acids is 2. The van der Waals surface area contributed by atoms with Gasteiger partial charge in [0, 0.05) is 39.1 Å². The van der Waals surface area contributed by atoms with Gasteiger partial charge in [-0.1, -0.05) is 26.0 Å². The van der Waals surface area contributed by atoms with E-state index in [2.05, 4.69) is 41.9 Å². The van der Waals surface area contributed by atoms with Gasteiger partial charge in [-0.05, 0) is 114 Å². The average Bonchev–Trinajstić information content (AvgIpc) is 2.40. The highest BCUT2D eigenvalue weighted by atomic mass is 16.4. The molecule has 0 aliphatic carbocycles. The number of likely N-dealkylation sites (tertiary alicyclic amines) is 3. The molecule has 3 aliphatic heterocycles. The van der Waals surface area contributed by atoms with Crippen LogP contribution in [0.25, 0.3) is 0 Å². The Morgan fingerprint density at radius 1 is 0.563 bits per heavy atom. The first-order chi connectivity index (χ1) is 41.3. The highest BCUT2D eigenvalue weighted by Crippen LogP contribution is 2.24. The number of benzene rings is 1. The topological polar surface area (TPSA) is 528 Å². The Labute approximate surface area is 503 Å². The fraction of sp³-hybridized carbons (Fsp3) is 0.636. The summed E-state index contributed by atoms with van der Waals surface area (Å²) in [7, 11) is 0. The third kappa shape index (κ3) is 22.3. The number of rotatable bonds is 35. The van der Waals surface area contributed by atoms with Crippen LogP contribution in [0.1, 0.15) is 116 Å². The van der Waals surface area contributed by atoms with Crippen LogP contribution in [0.5, 0.6) is 5.75 Å². The maximum atomic E-state index is 14.8. The van der Waals surface area contributed by atoms with Gasteiger partial charge in [0.2, 0.25) is 53.2 Å². The lowest BCUT2D eigenvalue weighted by Gasteiger charge is -2.32. The summed E-state index contributed by atoms with van der Waals surface area (Å²) in [6, 6.07) is -7.93. The van der Waals surface area contributed by atoms with E-state index in [4.69, 9.17) is 34.4 Å². The number of aliphatic carboxylic acids is 2. The van der Waals surface area contributed by atoms with Crippen LogP contribution in [0.4, 0.5) is 0 Å². The minimum Gasteiger partial charge on any atom is -0.508 e. The number of hydrogen-bond acceptors (Lipinski definition) is 17. The van der Waals surface area contributed by atoms with E-state index in [9.17, 15) is 72.9 Å². The Balaban J connectivity index is 1.61. The van der Waals surface area contributed by atoms with Crippen LogP contribution < -0.4 is 66.3 Å². The summed E-state index contributed by atoms with van der Waals surface area (Å²) in [6.45, 7) is 3.90. The molecule has 3 fully saturated rings. The third-order valence-electron chi connectivity index (χ3n) is 15.2. The number of carboxylic acid groups (broad SMARTS) is 2. The molecule has 10 atom stereocenters. The molecule has 482 valence electrons. The quantitative estimate of drug-likeness (QED) is 0.0131. The van der Waals surface area contributed by atoms with Gasteiger partial charge < -0.3 is 101 Å². The summed E-state index contributed by atoms with van der Waals surface area (Å²) in [6.07, 6.45) is 1.13. The molecule has 0 saturated carbocycles. The summed E-state index contributed by atoms with van der Waals surface area (Å²) in [5.74, 6) is -11.7. The van der Waals surface area contributed by atoms with Crippen molar-refractivity contribution in [3.63, 3.8) is 0 Å². The van der Waals surface area contributed by atoms with Crippen molar-refractivity contribution in [2.45, 2.75) is 177 Å². The van der Waals surface area contributed by atoms with E-state index in [1.54, 1.807) is 13.8 Å². The number of phenolic OH excluding ortho intramolecular Hbond substituents is 1. The molecule has 0 aromatic heterocycles. The Hall–Kier alpha value is -8.68. The number of nitrogens with zero attached hydrogens (tertiary/aromatic N) is 5. The van der Waals surface area contributed by atoms with E-state index < -0.39 is 138 Å². The molecule has 3 heterocycles. The van der Waals surface area contributed by atoms with Crippen LogP contribution in [-0.2, 0) is 64.0 Å². The van der Waals surface area contributed by atoms with Crippen molar-refractivity contribution < 1.29 is 72.9 Å². The van der Waals surface area contributed by atoms with Gasteiger partial charge >= 0.3 is 11.9 Å². The maximum absolute atomic E-state index is 14.8. The maximum Gasteiger partial charge on any atom is 0.305 e. The van der Waals surface area contributed by atoms with Gasteiger partial charge in [0.25, 0.3) is 0 Å². The minimum atomic E-state index is -1.90. The molecular formula is C55H87N17O15. The van der Waals surface area contributed by atoms with E-state index in [0.717, 1.165) is 4.90 Å². The van der Waals surface area contributed by atoms with Crippen LogP contribution in [0.3, 0.4) is 0 Å². The van der Waals surface area contributed by atoms with Crippen molar-refractivity contribution in [3.8, 4) is 5.75 Å². The number of guanidine groups is 2. The lowest BCUT2D eigenvalue weighted by atomic mass is 10.0. The summed E-state index contributed by atoms with van der Waals surface area (Å²) in [5, 5.41) is 45.0. The van der Waals surface area contributed by atoms with Gasteiger partial charge in [-0.15, -0.1) is 0 Å². The smallest absolute Gasteiger partial charge is 0.305 e. The van der Waals surface area contributed by atoms with Crippen molar-refractivity contribution >= 4 is 83.3 Å². The summed E-state index contributed by atoms with van der Waals surface area (Å²) in [4.78, 5) is 175. The van der Waals surface area contributed by atoms with Crippen LogP contribution in [-0.4, -0.2) is 213 Å². The first-order valence-corrected chi connectivity index (χ1v) is 29.2. The summed E-state index contributed by atoms with van der Waals surface area (Å²) >= 11 is 0. The van der Waals surface area contributed by atoms with E-state index in [1.807, 2.05) is 0 Å². The number of carbonyl (C=O) groups excluding carboxylic acids is 10. The molecule has 0 bridgehead atoms. The number of carbonyl (C=O) groups is 12. The van der Waals surface area contributed by atoms with E-state index in [1.165, 1.54) is 34.1 Å². The molecule has 1 aromatic rings. The third-order valence-corrected chi connectivity index (χ3v) is 15.2. The van der Waals surface area contributed by atoms with Gasteiger partial charge in [0.15, 0.2) is 11.9 Å². The lowest BCUT2D eigenvalue weighted by Crippen LogP contribution is -2.60. The Bertz CT molecular complexity index is 2650. The number of unbranched alkanes of at least 4 members (excludes halogenated alkanes) is 1. The van der Waals surface area contributed by atoms with Crippen molar-refractivity contribution in [1.82, 2.24) is 46.6 Å². The largest absolute Gasteiger partial charge is 0.508 e. The number of nitrogens with two attached hydrogens (primary N) is 6. The highest BCUT2D eigenvalue weighted by molar-refractivity contribution is 6.00. The highest BCUT2D eigenvalue weighted by Gasteiger charge is 2.43. The predicted octanol–water partition coefficient (Wildman–Crippen LogP) is -4.82. The van der Waals surface area contributed by atoms with Crippen LogP contribution in [0, 0.1) is 5.92 Å². The van der Waals surface area contributed by atoms with Gasteiger partial charge in [0.05, 0.1) is 24.9 Å². The summed E-state index contributed by atoms with van der Waals surface area (Å²) < 4.78 is 0. The molecule has 1 aromatic carbocycles. The minimum absolute atomic E-state index is 0.00723. The molecule has 87 heavy (non-hydrogen) atoms. The number of amides is 9. The number of hydrogen-bond donors (Lipinski definition) is 15. The van der Waals surface area contributed by atoms with Crippen LogP contribution in [0.15, 0.2) is 34.3 Å². The van der Waals surface area contributed by atoms with Crippen molar-refractivity contribution in [3.05, 3.63) is 29.8 Å². The lowest BCUT2D eigenvalue weighted by molar-refractivity contribution is -0.145. The van der Waals surface area contributed by atoms with Gasteiger partial charge in [-0.2, -0.15) is 0 Å². The number of aliphatic imine (C=N–C) groups is 2. The normalized spacial score (nSPS) is 18.8. The first kappa shape index (κ1) is 70.8. The number of aldehydes is 1. The average molecular weight is 1230 g/mol. The fourth-order valence-corrected chi connectivity index (χ4v) is 10.5. The van der Waals surface area contributed by atoms with Gasteiger partial charge in [0.1, 0.15) is 60.4 Å². The Morgan fingerprint density at radius 2 is 0.966 bits per heavy atom. The zero-order valence-electron chi connectivity index (χ0n) is 49.2. The molecule has 9 amide bonds. The molecule has 32 heteroatoms. The second-order valence-electron chi connectivity index (χ2n) is 22.1. The standard InChI is InChI=1S/C55H87N17O15/c1-30(2)44(57)50(84)69-39(28-43(77)78)46(80)64-34(11-3-4-20-56)52(86)72-25-9-15-41(72)49(83)68-38(27-42(75)76)47(81)67-37(26-31-16-18-33(74)19-17-31)45(79)65-36(13-6-22-63-55(60)61)53(87)71-24-8-14-40(71)48(82)66-35(12-5-21-62-54(58)59)51(85)70-23-7-10-32(70)29-73/h16-19,29-30,32,34-41,44,74H,3-15,20-28,56-57H2,1-2H3,(H,64,80)(H,65,79)(H,66,82)(H,67,81)(H,68,83)(H,69,84)(H,75,76)(H,77,78)(H4,58,59,62)(H4,60,61,63)/t32-,34-,35-,36-,37-,38-,39-,40-,41-,44-/m0/s1. The molecular weight excluding hydrogens is 1140 g/mol. The monoisotopic (exact) mass is 1230 g/mol. The van der Waals surface area contributed by atoms with Gasteiger partial charge in [-0.25, -0.2) is 0 Å². The zero-order valence-corrected chi connectivity index (χ0v) is 49.2. The molecule has 0 unspecified atom stereocenters. The Kier molecular flexibility index (Phi) is 28.5. The van der Waals surface area contributed by atoms with Crippen molar-refractivity contribution in [1.29, 1.82) is 0 Å². The van der Waals surface area contributed by atoms with Crippen LogP contribution in [0.2, 0.25) is 0 Å². The van der Waals surface area contributed by atoms with E-state index >= 15 is 0 Å². The molecule has 4 rings (SSSR count). The SMILES string of the molecule is CC(C)[C@H](N)C(=O)N[C@@H](CC(=O)O)C(=O)N[C@@H](CCCCN)C(=O)N1CCC[C@H]1C(=O)N[C@@H](CC(=O)O)C(=O)N[C@@H](Cc1ccc(O)cc1)C(=O)N[C@@H](CCCN=C(N)N)C(=O)N1CCC[C@H]1C(=O)N[C@@H](CCCN=C(N)N)C(=O)N1CCC[C@H]1C=O. The number of aromatic hydroxyl groups is 1. The second-order valence-corrected chi connectivity index (χ2v) is 22.1. The zero-order chi connectivity index (χ0) is 64.5. The Morgan fingerprint density at radius 3 is 1.43 bits per heavy atom. The molecule has 32 nitrogen and oxygen atoms in total. The van der Waals surface area contributed by atoms with E-state index in [0.29, 0.717) is 37.5 Å². The first-order valence-electron chi connectivity index (χ1n) is 29.2. The van der Waals surface area contributed by atoms with E-state index in [-0.39, 0.29) is 127 Å². The van der Waals surface area contributed by atoms with Crippen molar-refractivity contribution in [2.24, 2.45) is 50.3 Å². The summed E-state index contributed by atoms with van der Waals surface area (Å²) in [5.41, 5.74) is 34.1. The molecule has 0 spiro atoms. The number of nitrogens with one attached hydrogen (secondary N) is 6. The van der Waals surface area contributed by atoms with Crippen LogP contribution >= 0.6 is 0 Å². The fourth-order valence-electron chi connectivity index (χ4n) is 10.5. The second kappa shape index (κ2) is 35.1. The molecule has 3 aliphatic rings. The predicted molar refractivity (Wildman–Crippen MR) is 314 cm³/mol. The van der Waals surface area contributed by atoms with Gasteiger partial charge in [-0.3, -0.25) is 62.7 Å².